The number of ether oxygens (including phenoxy) is 1. The number of nitrogens with two attached hydrogens (primary N) is 1. The van der Waals surface area contributed by atoms with E-state index in [1.165, 1.54) is 0 Å². The zero-order valence-corrected chi connectivity index (χ0v) is 16.5. The highest BCUT2D eigenvalue weighted by Gasteiger charge is 2.18. The van der Waals surface area contributed by atoms with E-state index in [-0.39, 0.29) is 11.8 Å². The molecule has 0 bridgehead atoms. The van der Waals surface area contributed by atoms with Gasteiger partial charge in [-0.1, -0.05) is 13.0 Å². The summed E-state index contributed by atoms with van der Waals surface area (Å²) in [5, 5.41) is 3.02. The number of methoxy groups -OCH3 is 1. The van der Waals surface area contributed by atoms with Crippen LogP contribution in [0.1, 0.15) is 12.5 Å². The molecular formula is C21H28FN5O. The number of halogens is 1. The first-order chi connectivity index (χ1) is 13.6. The molecule has 1 aliphatic rings. The van der Waals surface area contributed by atoms with Crippen LogP contribution in [-0.2, 0) is 6.54 Å². The molecule has 3 rings (SSSR count). The summed E-state index contributed by atoms with van der Waals surface area (Å²) in [5.41, 5.74) is 8.20. The molecule has 2 aromatic rings. The van der Waals surface area contributed by atoms with Crippen molar-refractivity contribution in [3.63, 3.8) is 0 Å². The quantitative estimate of drug-likeness (QED) is 0.591. The number of nitrogens with one attached hydrogen (secondary N) is 1. The molecule has 0 aliphatic carbocycles. The summed E-state index contributed by atoms with van der Waals surface area (Å²) in [4.78, 5) is 8.78. The lowest BCUT2D eigenvalue weighted by Gasteiger charge is -2.35. The Kier molecular flexibility index (Phi) is 6.71. The monoisotopic (exact) mass is 385 g/mol. The lowest BCUT2D eigenvalue weighted by Crippen LogP contribution is -2.46. The normalized spacial score (nSPS) is 15.5. The molecule has 6 nitrogen and oxygen atoms in total. The Labute approximate surface area is 165 Å². The lowest BCUT2D eigenvalue weighted by atomic mass is 10.1. The average Bonchev–Trinajstić information content (AvgIpc) is 2.73. The van der Waals surface area contributed by atoms with Gasteiger partial charge in [0, 0.05) is 31.9 Å². The van der Waals surface area contributed by atoms with Gasteiger partial charge in [-0.15, -0.1) is 0 Å². The first-order valence-electron chi connectivity index (χ1n) is 9.55. The molecule has 0 spiro atoms. The number of guanidine groups is 1. The molecule has 0 saturated carbocycles. The zero-order chi connectivity index (χ0) is 19.9. The topological polar surface area (TPSA) is 66.1 Å². The summed E-state index contributed by atoms with van der Waals surface area (Å²) in [6.45, 7) is 7.14. The Morgan fingerprint density at radius 1 is 1.14 bits per heavy atom. The van der Waals surface area contributed by atoms with Crippen LogP contribution < -0.4 is 20.7 Å². The van der Waals surface area contributed by atoms with E-state index < -0.39 is 0 Å². The molecular weight excluding hydrogens is 357 g/mol. The van der Waals surface area contributed by atoms with E-state index in [0.717, 1.165) is 49.7 Å². The standard InChI is InChI=1S/C21H28FN5O/c1-3-26-10-12-27(13-11-26)20-9-4-16(14-19(20)22)15-24-21(23)25-17-5-7-18(28-2)8-6-17/h4-9,14H,3,10-13,15H2,1-2H3,(H3,23,24,25). The Balaban J connectivity index is 1.58. The average molecular weight is 385 g/mol. The summed E-state index contributed by atoms with van der Waals surface area (Å²) in [6, 6.07) is 12.7. The molecule has 0 amide bonds. The zero-order valence-electron chi connectivity index (χ0n) is 16.5. The van der Waals surface area contributed by atoms with Gasteiger partial charge in [0.15, 0.2) is 5.96 Å². The molecule has 0 atom stereocenters. The highest BCUT2D eigenvalue weighted by Crippen LogP contribution is 2.22. The van der Waals surface area contributed by atoms with E-state index in [1.807, 2.05) is 36.4 Å². The molecule has 28 heavy (non-hydrogen) atoms. The van der Waals surface area contributed by atoms with Crippen LogP contribution in [0.15, 0.2) is 47.5 Å². The van der Waals surface area contributed by atoms with Gasteiger partial charge < -0.3 is 25.6 Å². The van der Waals surface area contributed by atoms with Gasteiger partial charge in [0.2, 0.25) is 0 Å². The van der Waals surface area contributed by atoms with Gasteiger partial charge in [-0.05, 0) is 48.5 Å². The van der Waals surface area contributed by atoms with Crippen LogP contribution in [0.3, 0.4) is 0 Å². The predicted octanol–water partition coefficient (Wildman–Crippen LogP) is 2.90. The van der Waals surface area contributed by atoms with E-state index in [0.29, 0.717) is 12.2 Å². The summed E-state index contributed by atoms with van der Waals surface area (Å²) in [5.74, 6) is 0.845. The van der Waals surface area contributed by atoms with Crippen molar-refractivity contribution >= 4 is 17.3 Å². The minimum Gasteiger partial charge on any atom is -0.497 e. The fourth-order valence-corrected chi connectivity index (χ4v) is 3.25. The van der Waals surface area contributed by atoms with Crippen LogP contribution in [0.5, 0.6) is 5.75 Å². The first-order valence-corrected chi connectivity index (χ1v) is 9.55. The molecule has 150 valence electrons. The highest BCUT2D eigenvalue weighted by molar-refractivity contribution is 5.92. The third kappa shape index (κ3) is 5.13. The number of benzene rings is 2. The number of piperazine rings is 1. The van der Waals surface area contributed by atoms with Crippen LogP contribution in [-0.4, -0.2) is 50.7 Å². The molecule has 1 aliphatic heterocycles. The minimum atomic E-state index is -0.209. The molecule has 0 unspecified atom stereocenters. The summed E-state index contributed by atoms with van der Waals surface area (Å²) >= 11 is 0. The van der Waals surface area contributed by atoms with Crippen molar-refractivity contribution in [2.75, 3.05) is 50.1 Å². The van der Waals surface area contributed by atoms with Crippen LogP contribution in [0.4, 0.5) is 15.8 Å². The van der Waals surface area contributed by atoms with Gasteiger partial charge >= 0.3 is 0 Å². The van der Waals surface area contributed by atoms with Gasteiger partial charge in [-0.25, -0.2) is 9.38 Å². The lowest BCUT2D eigenvalue weighted by molar-refractivity contribution is 0.270. The number of rotatable bonds is 6. The maximum absolute atomic E-state index is 14.6. The summed E-state index contributed by atoms with van der Waals surface area (Å²) < 4.78 is 19.7. The first kappa shape index (κ1) is 19.9. The van der Waals surface area contributed by atoms with Crippen molar-refractivity contribution in [2.24, 2.45) is 10.7 Å². The van der Waals surface area contributed by atoms with E-state index in [9.17, 15) is 4.39 Å². The predicted molar refractivity (Wildman–Crippen MR) is 113 cm³/mol. The number of aliphatic imine (C=N–C) groups is 1. The van der Waals surface area contributed by atoms with Crippen molar-refractivity contribution < 1.29 is 9.13 Å². The van der Waals surface area contributed by atoms with Gasteiger partial charge in [0.25, 0.3) is 0 Å². The molecule has 7 heteroatoms. The number of hydrogen-bond acceptors (Lipinski definition) is 4. The molecule has 2 aromatic carbocycles. The van der Waals surface area contributed by atoms with E-state index in [1.54, 1.807) is 13.2 Å². The largest absolute Gasteiger partial charge is 0.497 e. The Morgan fingerprint density at radius 3 is 2.46 bits per heavy atom. The van der Waals surface area contributed by atoms with Gasteiger partial charge in [0.1, 0.15) is 11.6 Å². The number of nitrogens with zero attached hydrogens (tertiary/aromatic N) is 3. The molecule has 1 heterocycles. The SMILES string of the molecule is CCN1CCN(c2ccc(CN=C(N)Nc3ccc(OC)cc3)cc2F)CC1. The van der Waals surface area contributed by atoms with Crippen molar-refractivity contribution in [3.05, 3.63) is 53.8 Å². The molecule has 0 aromatic heterocycles. The van der Waals surface area contributed by atoms with E-state index >= 15 is 0 Å². The number of likely N-dealkylation sites (N-methyl/N-ethyl adjacent to an activating group) is 1. The minimum absolute atomic E-state index is 0.209. The van der Waals surface area contributed by atoms with Gasteiger partial charge in [0.05, 0.1) is 19.3 Å². The third-order valence-corrected chi connectivity index (χ3v) is 4.97. The molecule has 0 radical (unpaired) electrons. The second-order valence-corrected chi connectivity index (χ2v) is 6.76. The van der Waals surface area contributed by atoms with Crippen molar-refractivity contribution in [2.45, 2.75) is 13.5 Å². The van der Waals surface area contributed by atoms with Crippen molar-refractivity contribution in [3.8, 4) is 5.75 Å². The summed E-state index contributed by atoms with van der Waals surface area (Å²) in [7, 11) is 1.62. The van der Waals surface area contributed by atoms with Crippen LogP contribution >= 0.6 is 0 Å². The summed E-state index contributed by atoms with van der Waals surface area (Å²) in [6.07, 6.45) is 0. The molecule has 1 fully saturated rings. The van der Waals surface area contributed by atoms with E-state index in [4.69, 9.17) is 10.5 Å². The number of anilines is 2. The van der Waals surface area contributed by atoms with Gasteiger partial charge in [-0.2, -0.15) is 0 Å². The maximum Gasteiger partial charge on any atom is 0.193 e. The van der Waals surface area contributed by atoms with Crippen LogP contribution in [0, 0.1) is 5.82 Å². The fourth-order valence-electron chi connectivity index (χ4n) is 3.25. The van der Waals surface area contributed by atoms with Crippen LogP contribution in [0.2, 0.25) is 0 Å². The Hall–Kier alpha value is -2.80. The number of hydrogen-bond donors (Lipinski definition) is 2. The van der Waals surface area contributed by atoms with Crippen LogP contribution in [0.25, 0.3) is 0 Å². The second-order valence-electron chi connectivity index (χ2n) is 6.76. The molecule has 3 N–H and O–H groups in total. The fraction of sp³-hybridized carbons (Fsp3) is 0.381. The van der Waals surface area contributed by atoms with Gasteiger partial charge in [-0.3, -0.25) is 0 Å². The van der Waals surface area contributed by atoms with Crippen molar-refractivity contribution in [1.29, 1.82) is 0 Å². The van der Waals surface area contributed by atoms with Crippen molar-refractivity contribution in [1.82, 2.24) is 4.90 Å². The second kappa shape index (κ2) is 9.41. The Morgan fingerprint density at radius 2 is 1.86 bits per heavy atom. The third-order valence-electron chi connectivity index (χ3n) is 4.97. The Bertz CT molecular complexity index is 801. The van der Waals surface area contributed by atoms with E-state index in [2.05, 4.69) is 27.0 Å². The smallest absolute Gasteiger partial charge is 0.193 e. The maximum atomic E-state index is 14.6. The molecule has 1 saturated heterocycles. The highest BCUT2D eigenvalue weighted by atomic mass is 19.1.